The van der Waals surface area contributed by atoms with Crippen LogP contribution in [0, 0.1) is 11.8 Å². The molecule has 0 aliphatic heterocycles. The first kappa shape index (κ1) is 15.9. The molecule has 2 aromatic rings. The van der Waals surface area contributed by atoms with Gasteiger partial charge >= 0.3 is 0 Å². The quantitative estimate of drug-likeness (QED) is 0.536. The maximum absolute atomic E-state index is 5.14. The molecule has 0 aliphatic rings. The third-order valence-corrected chi connectivity index (χ3v) is 3.39. The van der Waals surface area contributed by atoms with Crippen molar-refractivity contribution in [3.8, 4) is 17.6 Å². The van der Waals surface area contributed by atoms with Crippen LogP contribution < -0.4 is 4.74 Å². The fourth-order valence-corrected chi connectivity index (χ4v) is 2.04. The number of hydrogen-bond donors (Lipinski definition) is 0. The van der Waals surface area contributed by atoms with Crippen LogP contribution in [0.2, 0.25) is 0 Å². The molecule has 0 amide bonds. The van der Waals surface area contributed by atoms with Crippen LogP contribution in [0.15, 0.2) is 54.6 Å². The molecule has 0 unspecified atom stereocenters. The smallest absolute Gasteiger partial charge is 0.118 e. The number of allylic oxidation sites excluding steroid dienone is 1. The minimum absolute atomic E-state index is 0.852. The van der Waals surface area contributed by atoms with Crippen LogP contribution in [0.1, 0.15) is 42.9 Å². The van der Waals surface area contributed by atoms with Gasteiger partial charge in [-0.2, -0.15) is 0 Å². The second-order valence-corrected chi connectivity index (χ2v) is 5.15. The van der Waals surface area contributed by atoms with E-state index in [-0.39, 0.29) is 0 Å². The largest absolute Gasteiger partial charge is 0.497 e. The van der Waals surface area contributed by atoms with Gasteiger partial charge in [0, 0.05) is 11.1 Å². The highest BCUT2D eigenvalue weighted by atomic mass is 16.5. The summed E-state index contributed by atoms with van der Waals surface area (Å²) in [5.74, 6) is 7.21. The summed E-state index contributed by atoms with van der Waals surface area (Å²) in [4.78, 5) is 0. The third-order valence-electron chi connectivity index (χ3n) is 3.39. The van der Waals surface area contributed by atoms with Gasteiger partial charge < -0.3 is 4.74 Å². The Hall–Kier alpha value is -2.46. The van der Waals surface area contributed by atoms with Crippen LogP contribution in [0.4, 0.5) is 0 Å². The molecule has 0 saturated carbocycles. The van der Waals surface area contributed by atoms with Gasteiger partial charge in [0.25, 0.3) is 0 Å². The molecule has 0 aliphatic carbocycles. The summed E-state index contributed by atoms with van der Waals surface area (Å²) in [7, 11) is 1.67. The molecule has 0 radical (unpaired) electrons. The summed E-state index contributed by atoms with van der Waals surface area (Å²) < 4.78 is 5.14. The zero-order chi connectivity index (χ0) is 15.6. The summed E-state index contributed by atoms with van der Waals surface area (Å²) in [6, 6.07) is 16.1. The zero-order valence-corrected chi connectivity index (χ0v) is 13.3. The lowest BCUT2D eigenvalue weighted by atomic mass is 10.1. The molecule has 0 spiro atoms. The maximum Gasteiger partial charge on any atom is 0.118 e. The van der Waals surface area contributed by atoms with E-state index in [1.807, 2.05) is 24.3 Å². The molecule has 0 aromatic heterocycles. The van der Waals surface area contributed by atoms with Crippen molar-refractivity contribution in [1.82, 2.24) is 0 Å². The van der Waals surface area contributed by atoms with Crippen LogP contribution in [0.3, 0.4) is 0 Å². The molecule has 112 valence electrons. The Labute approximate surface area is 133 Å². The van der Waals surface area contributed by atoms with Gasteiger partial charge in [-0.05, 0) is 48.4 Å². The first-order valence-corrected chi connectivity index (χ1v) is 7.74. The monoisotopic (exact) mass is 290 g/mol. The van der Waals surface area contributed by atoms with Crippen LogP contribution in [-0.2, 0) is 0 Å². The van der Waals surface area contributed by atoms with E-state index in [9.17, 15) is 0 Å². The van der Waals surface area contributed by atoms with Crippen molar-refractivity contribution < 1.29 is 4.74 Å². The molecule has 1 nitrogen and oxygen atoms in total. The maximum atomic E-state index is 5.14. The third kappa shape index (κ3) is 5.14. The number of methoxy groups -OCH3 is 1. The summed E-state index contributed by atoms with van der Waals surface area (Å²) in [6.45, 7) is 2.21. The van der Waals surface area contributed by atoms with Gasteiger partial charge in [0.1, 0.15) is 5.75 Å². The van der Waals surface area contributed by atoms with Crippen molar-refractivity contribution in [3.63, 3.8) is 0 Å². The Morgan fingerprint density at radius 3 is 2.05 bits per heavy atom. The van der Waals surface area contributed by atoms with E-state index < -0.39 is 0 Å². The predicted molar refractivity (Wildman–Crippen MR) is 94.0 cm³/mol. The minimum atomic E-state index is 0.852. The van der Waals surface area contributed by atoms with Crippen molar-refractivity contribution in [1.29, 1.82) is 0 Å². The van der Waals surface area contributed by atoms with E-state index in [1.54, 1.807) is 7.11 Å². The number of rotatable bonds is 5. The SMILES string of the molecule is CCCC/C=C/c1ccc(C#Cc2ccc(OC)cc2)cc1. The number of unbranched alkanes of at least 4 members (excludes halogenated alkanes) is 2. The minimum Gasteiger partial charge on any atom is -0.497 e. The van der Waals surface area contributed by atoms with Crippen LogP contribution in [0.25, 0.3) is 6.08 Å². The zero-order valence-electron chi connectivity index (χ0n) is 13.3. The summed E-state index contributed by atoms with van der Waals surface area (Å²) in [6.07, 6.45) is 8.06. The van der Waals surface area contributed by atoms with Gasteiger partial charge in [0.15, 0.2) is 0 Å². The topological polar surface area (TPSA) is 9.23 Å². The van der Waals surface area contributed by atoms with Gasteiger partial charge in [0.05, 0.1) is 7.11 Å². The van der Waals surface area contributed by atoms with Crippen molar-refractivity contribution in [3.05, 3.63) is 71.3 Å². The van der Waals surface area contributed by atoms with E-state index in [1.165, 1.54) is 18.4 Å². The molecular weight excluding hydrogens is 268 g/mol. The Morgan fingerprint density at radius 1 is 0.909 bits per heavy atom. The average molecular weight is 290 g/mol. The van der Waals surface area contributed by atoms with E-state index in [0.717, 1.165) is 23.3 Å². The first-order valence-electron chi connectivity index (χ1n) is 7.74. The predicted octanol–water partition coefficient (Wildman–Crippen LogP) is 5.30. The fourth-order valence-electron chi connectivity index (χ4n) is 2.04. The summed E-state index contributed by atoms with van der Waals surface area (Å²) in [5.41, 5.74) is 3.25. The molecule has 0 saturated heterocycles. The Bertz CT molecular complexity index is 652. The molecule has 2 rings (SSSR count). The highest BCUT2D eigenvalue weighted by Crippen LogP contribution is 2.11. The van der Waals surface area contributed by atoms with E-state index in [0.29, 0.717) is 0 Å². The van der Waals surface area contributed by atoms with Crippen LogP contribution in [-0.4, -0.2) is 7.11 Å². The number of hydrogen-bond acceptors (Lipinski definition) is 1. The summed E-state index contributed by atoms with van der Waals surface area (Å²) >= 11 is 0. The Morgan fingerprint density at radius 2 is 1.50 bits per heavy atom. The molecule has 0 atom stereocenters. The molecule has 0 fully saturated rings. The van der Waals surface area contributed by atoms with Gasteiger partial charge in [0.2, 0.25) is 0 Å². The standard InChI is InChI=1S/C21H22O/c1-3-4-5-6-7-18-8-10-19(11-9-18)12-13-20-14-16-21(22-2)17-15-20/h6-11,14-17H,3-5H2,1-2H3/b7-6+. The normalized spacial score (nSPS) is 10.3. The average Bonchev–Trinajstić information content (AvgIpc) is 2.58. The highest BCUT2D eigenvalue weighted by molar-refractivity contribution is 5.52. The number of benzene rings is 2. The van der Waals surface area contributed by atoms with Gasteiger partial charge in [-0.1, -0.05) is 55.9 Å². The summed E-state index contributed by atoms with van der Waals surface area (Å²) in [5, 5.41) is 0. The molecule has 22 heavy (non-hydrogen) atoms. The lowest BCUT2D eigenvalue weighted by Gasteiger charge is -1.97. The molecular formula is C21H22O. The van der Waals surface area contributed by atoms with E-state index in [4.69, 9.17) is 4.74 Å². The van der Waals surface area contributed by atoms with Gasteiger partial charge in [-0.15, -0.1) is 0 Å². The lowest BCUT2D eigenvalue weighted by Crippen LogP contribution is -1.82. The van der Waals surface area contributed by atoms with Gasteiger partial charge in [-0.3, -0.25) is 0 Å². The van der Waals surface area contributed by atoms with Crippen molar-refractivity contribution in [2.24, 2.45) is 0 Å². The molecule has 0 N–H and O–H groups in total. The molecule has 0 heterocycles. The first-order chi connectivity index (χ1) is 10.8. The van der Waals surface area contributed by atoms with Crippen LogP contribution >= 0.6 is 0 Å². The van der Waals surface area contributed by atoms with Crippen molar-refractivity contribution in [2.75, 3.05) is 7.11 Å². The van der Waals surface area contributed by atoms with Crippen LogP contribution in [0.5, 0.6) is 5.75 Å². The van der Waals surface area contributed by atoms with Crippen molar-refractivity contribution in [2.45, 2.75) is 26.2 Å². The fraction of sp³-hybridized carbons (Fsp3) is 0.238. The Kier molecular flexibility index (Phi) is 6.33. The Balaban J connectivity index is 1.99. The molecule has 0 bridgehead atoms. The van der Waals surface area contributed by atoms with E-state index in [2.05, 4.69) is 55.2 Å². The van der Waals surface area contributed by atoms with Crippen molar-refractivity contribution >= 4 is 6.08 Å². The van der Waals surface area contributed by atoms with E-state index >= 15 is 0 Å². The molecule has 2 aromatic carbocycles. The van der Waals surface area contributed by atoms with Gasteiger partial charge in [-0.25, -0.2) is 0 Å². The number of ether oxygens (including phenoxy) is 1. The lowest BCUT2D eigenvalue weighted by molar-refractivity contribution is 0.415. The molecule has 1 heteroatoms. The second-order valence-electron chi connectivity index (χ2n) is 5.15. The highest BCUT2D eigenvalue weighted by Gasteiger charge is 1.91. The second kappa shape index (κ2) is 8.74.